The Morgan fingerprint density at radius 3 is 2.68 bits per heavy atom. The van der Waals surface area contributed by atoms with E-state index in [2.05, 4.69) is 40.2 Å². The zero-order valence-corrected chi connectivity index (χ0v) is 14.7. The van der Waals surface area contributed by atoms with Crippen LogP contribution in [0.4, 0.5) is 5.69 Å². The van der Waals surface area contributed by atoms with Crippen molar-refractivity contribution in [2.45, 2.75) is 19.9 Å². The number of rotatable bonds is 3. The summed E-state index contributed by atoms with van der Waals surface area (Å²) in [5.74, 6) is 1.37. The highest BCUT2D eigenvalue weighted by molar-refractivity contribution is 5.93. The lowest BCUT2D eigenvalue weighted by molar-refractivity contribution is 0.355. The number of hydrogen-bond acceptors (Lipinski definition) is 5. The molecule has 3 aromatic rings. The number of nitrogens with zero attached hydrogens (tertiary/aromatic N) is 3. The molecule has 0 saturated heterocycles. The first-order valence-corrected chi connectivity index (χ1v) is 8.41. The molecule has 0 radical (unpaired) electrons. The maximum atomic E-state index is 5.47. The number of anilines is 1. The predicted octanol–water partition coefficient (Wildman–Crippen LogP) is 3.52. The van der Waals surface area contributed by atoms with Gasteiger partial charge in [-0.1, -0.05) is 18.2 Å². The van der Waals surface area contributed by atoms with E-state index in [1.807, 2.05) is 18.3 Å². The van der Waals surface area contributed by atoms with Gasteiger partial charge in [0.05, 0.1) is 31.6 Å². The smallest absolute Gasteiger partial charge is 0.162 e. The fourth-order valence-corrected chi connectivity index (χ4v) is 3.63. The van der Waals surface area contributed by atoms with Gasteiger partial charge in [-0.3, -0.25) is 0 Å². The molecule has 4 rings (SSSR count). The van der Waals surface area contributed by atoms with Crippen LogP contribution in [0, 0.1) is 6.92 Å². The van der Waals surface area contributed by atoms with Crippen molar-refractivity contribution in [1.82, 2.24) is 10.2 Å². The third-order valence-corrected chi connectivity index (χ3v) is 4.96. The van der Waals surface area contributed by atoms with E-state index in [0.29, 0.717) is 11.5 Å². The summed E-state index contributed by atoms with van der Waals surface area (Å²) in [7, 11) is 3.28. The molecule has 25 heavy (non-hydrogen) atoms. The largest absolute Gasteiger partial charge is 0.493 e. The standard InChI is InChI=1S/C20H21N3O2/c1-13-5-4-6-14-12-23(8-7-15(13)14)18-11-21-22-17-10-20(25-3)19(24-2)9-16(17)18/h4-6,9-11H,7-8,12H2,1-3H3. The van der Waals surface area contributed by atoms with E-state index in [0.717, 1.165) is 36.1 Å². The molecule has 128 valence electrons. The van der Waals surface area contributed by atoms with Gasteiger partial charge in [0.25, 0.3) is 0 Å². The van der Waals surface area contributed by atoms with Crippen LogP contribution < -0.4 is 14.4 Å². The minimum absolute atomic E-state index is 0.668. The Morgan fingerprint density at radius 1 is 1.08 bits per heavy atom. The molecule has 1 aromatic heterocycles. The Bertz CT molecular complexity index is 940. The van der Waals surface area contributed by atoms with Crippen molar-refractivity contribution < 1.29 is 9.47 Å². The van der Waals surface area contributed by atoms with Crippen molar-refractivity contribution in [3.63, 3.8) is 0 Å². The molecule has 1 aliphatic heterocycles. The summed E-state index contributed by atoms with van der Waals surface area (Å²) in [6.45, 7) is 4.04. The third kappa shape index (κ3) is 2.65. The van der Waals surface area contributed by atoms with Crippen LogP contribution in [0.25, 0.3) is 10.9 Å². The van der Waals surface area contributed by atoms with Gasteiger partial charge in [0.1, 0.15) is 0 Å². The second kappa shape index (κ2) is 6.24. The van der Waals surface area contributed by atoms with Gasteiger partial charge in [-0.2, -0.15) is 10.2 Å². The van der Waals surface area contributed by atoms with Crippen LogP contribution in [0.15, 0.2) is 36.5 Å². The van der Waals surface area contributed by atoms with E-state index in [1.54, 1.807) is 14.2 Å². The van der Waals surface area contributed by atoms with Crippen LogP contribution in [-0.2, 0) is 13.0 Å². The lowest BCUT2D eigenvalue weighted by atomic mass is 9.95. The molecular weight excluding hydrogens is 314 g/mol. The fourth-order valence-electron chi connectivity index (χ4n) is 3.63. The maximum Gasteiger partial charge on any atom is 0.162 e. The molecule has 0 unspecified atom stereocenters. The number of aryl methyl sites for hydroxylation is 1. The minimum Gasteiger partial charge on any atom is -0.493 e. The van der Waals surface area contributed by atoms with Crippen molar-refractivity contribution in [2.75, 3.05) is 25.7 Å². The van der Waals surface area contributed by atoms with Crippen molar-refractivity contribution >= 4 is 16.6 Å². The number of methoxy groups -OCH3 is 2. The third-order valence-electron chi connectivity index (χ3n) is 4.96. The number of ether oxygens (including phenoxy) is 2. The van der Waals surface area contributed by atoms with Gasteiger partial charge in [-0.25, -0.2) is 0 Å². The highest BCUT2D eigenvalue weighted by atomic mass is 16.5. The number of hydrogen-bond donors (Lipinski definition) is 0. The number of aromatic nitrogens is 2. The second-order valence-electron chi connectivity index (χ2n) is 6.34. The van der Waals surface area contributed by atoms with E-state index >= 15 is 0 Å². The van der Waals surface area contributed by atoms with Gasteiger partial charge in [0.2, 0.25) is 0 Å². The van der Waals surface area contributed by atoms with Crippen molar-refractivity contribution in [3.8, 4) is 11.5 Å². The first-order valence-electron chi connectivity index (χ1n) is 8.41. The van der Waals surface area contributed by atoms with E-state index in [1.165, 1.54) is 16.7 Å². The topological polar surface area (TPSA) is 47.5 Å². The van der Waals surface area contributed by atoms with Gasteiger partial charge in [-0.15, -0.1) is 0 Å². The molecule has 5 heteroatoms. The van der Waals surface area contributed by atoms with Crippen LogP contribution >= 0.6 is 0 Å². The Morgan fingerprint density at radius 2 is 1.88 bits per heavy atom. The summed E-state index contributed by atoms with van der Waals surface area (Å²) in [6.07, 6.45) is 2.88. The lowest BCUT2D eigenvalue weighted by Crippen LogP contribution is -2.31. The molecule has 0 saturated carbocycles. The quantitative estimate of drug-likeness (QED) is 0.733. The second-order valence-corrected chi connectivity index (χ2v) is 6.34. The predicted molar refractivity (Wildman–Crippen MR) is 98.6 cm³/mol. The minimum atomic E-state index is 0.668. The van der Waals surface area contributed by atoms with Crippen LogP contribution in [0.5, 0.6) is 11.5 Å². The zero-order chi connectivity index (χ0) is 17.4. The van der Waals surface area contributed by atoms with E-state index < -0.39 is 0 Å². The molecule has 0 fully saturated rings. The summed E-state index contributed by atoms with van der Waals surface area (Å²) in [5.41, 5.74) is 6.13. The van der Waals surface area contributed by atoms with Crippen molar-refractivity contribution in [1.29, 1.82) is 0 Å². The molecule has 0 N–H and O–H groups in total. The highest BCUT2D eigenvalue weighted by Gasteiger charge is 2.21. The Balaban J connectivity index is 1.79. The van der Waals surface area contributed by atoms with Gasteiger partial charge < -0.3 is 14.4 Å². The molecule has 5 nitrogen and oxygen atoms in total. The van der Waals surface area contributed by atoms with Gasteiger partial charge in [0, 0.05) is 24.5 Å². The molecule has 0 atom stereocenters. The van der Waals surface area contributed by atoms with Gasteiger partial charge in [0.15, 0.2) is 11.5 Å². The summed E-state index contributed by atoms with van der Waals surface area (Å²) < 4.78 is 10.8. The Kier molecular flexibility index (Phi) is 3.92. The van der Waals surface area contributed by atoms with Crippen LogP contribution in [-0.4, -0.2) is 31.0 Å². The lowest BCUT2D eigenvalue weighted by Gasteiger charge is -2.32. The molecule has 0 aliphatic carbocycles. The zero-order valence-electron chi connectivity index (χ0n) is 14.7. The molecule has 0 bridgehead atoms. The highest BCUT2D eigenvalue weighted by Crippen LogP contribution is 2.36. The van der Waals surface area contributed by atoms with E-state index in [-0.39, 0.29) is 0 Å². The first-order chi connectivity index (χ1) is 12.2. The molecule has 1 aliphatic rings. The van der Waals surface area contributed by atoms with Gasteiger partial charge >= 0.3 is 0 Å². The summed E-state index contributed by atoms with van der Waals surface area (Å²) in [4.78, 5) is 2.37. The van der Waals surface area contributed by atoms with Crippen molar-refractivity contribution in [2.24, 2.45) is 0 Å². The fraction of sp³-hybridized carbons (Fsp3) is 0.300. The van der Waals surface area contributed by atoms with Crippen LogP contribution in [0.2, 0.25) is 0 Å². The Hall–Kier alpha value is -2.82. The summed E-state index contributed by atoms with van der Waals surface area (Å²) in [5, 5.41) is 9.50. The van der Waals surface area contributed by atoms with Crippen LogP contribution in [0.1, 0.15) is 16.7 Å². The van der Waals surface area contributed by atoms with E-state index in [4.69, 9.17) is 9.47 Å². The van der Waals surface area contributed by atoms with Crippen LogP contribution in [0.3, 0.4) is 0 Å². The maximum absolute atomic E-state index is 5.47. The molecule has 0 spiro atoms. The molecule has 0 amide bonds. The number of fused-ring (bicyclic) bond motifs is 2. The molecular formula is C20H21N3O2. The first kappa shape index (κ1) is 15.7. The Labute approximate surface area is 147 Å². The average molecular weight is 335 g/mol. The monoisotopic (exact) mass is 335 g/mol. The summed E-state index contributed by atoms with van der Waals surface area (Å²) >= 11 is 0. The van der Waals surface area contributed by atoms with Crippen molar-refractivity contribution in [3.05, 3.63) is 53.2 Å². The normalized spacial score (nSPS) is 13.6. The number of benzene rings is 2. The van der Waals surface area contributed by atoms with Gasteiger partial charge in [-0.05, 0) is 36.1 Å². The molecule has 2 aromatic carbocycles. The summed E-state index contributed by atoms with van der Waals surface area (Å²) in [6, 6.07) is 10.4. The molecule has 2 heterocycles. The SMILES string of the molecule is COc1cc2nncc(N3CCc4c(C)cccc4C3)c2cc1OC. The van der Waals surface area contributed by atoms with E-state index in [9.17, 15) is 0 Å². The average Bonchev–Trinajstić information content (AvgIpc) is 2.66.